The van der Waals surface area contributed by atoms with E-state index in [0.717, 1.165) is 51.4 Å². The molecule has 4 fully saturated rings. The summed E-state index contributed by atoms with van der Waals surface area (Å²) >= 11 is 0. The molecule has 3 unspecified atom stereocenters. The molecule has 4 saturated carbocycles. The quantitative estimate of drug-likeness (QED) is 0.157. The second-order valence-electron chi connectivity index (χ2n) is 19.6. The number of rotatable bonds is 7. The molecule has 8 nitrogen and oxygen atoms in total. The lowest BCUT2D eigenvalue weighted by Gasteiger charge is -2.71. The van der Waals surface area contributed by atoms with Crippen LogP contribution in [0, 0.1) is 50.2 Å². The third-order valence-corrected chi connectivity index (χ3v) is 16.2. The summed E-state index contributed by atoms with van der Waals surface area (Å²) in [5.74, 6) is 1.03. The summed E-state index contributed by atoms with van der Waals surface area (Å²) in [6.45, 7) is 16.6. The van der Waals surface area contributed by atoms with E-state index in [9.17, 15) is 14.4 Å². The summed E-state index contributed by atoms with van der Waals surface area (Å²) in [5, 5.41) is 0. The van der Waals surface area contributed by atoms with Crippen LogP contribution < -0.4 is 9.47 Å². The summed E-state index contributed by atoms with van der Waals surface area (Å²) < 4.78 is 29.3. The lowest BCUT2D eigenvalue weighted by atomic mass is 9.33. The van der Waals surface area contributed by atoms with E-state index in [2.05, 4.69) is 54.5 Å². The van der Waals surface area contributed by atoms with Crippen LogP contribution in [0.1, 0.15) is 127 Å². The number of ether oxygens (including phenoxy) is 5. The Morgan fingerprint density at radius 1 is 0.655 bits per heavy atom. The standard InChI is InChI=1S/C47H62O8/c1-42(2)23-25-47(41(50)53-10)26-24-45(6)33(34(47)27-42)19-20-37-44(5)28-35(54-39(48)29-11-15-31(51-8)16-12-29)38(43(3,4)36(44)21-22-46(37,45)7)55-40(49)30-13-17-32(52-9)18-14-30/h11-19,34-38H,20-28H2,1-10H3/t34?,35-,36?,37?,38+,44+,45-,46-,47+/m1/s1. The van der Waals surface area contributed by atoms with Crippen molar-refractivity contribution < 1.29 is 38.1 Å². The molecule has 7 rings (SSSR count). The minimum atomic E-state index is -0.675. The first kappa shape index (κ1) is 39.4. The molecule has 0 bridgehead atoms. The van der Waals surface area contributed by atoms with Crippen LogP contribution in [0.4, 0.5) is 0 Å². The summed E-state index contributed by atoms with van der Waals surface area (Å²) in [5.41, 5.74) is 1.08. The van der Waals surface area contributed by atoms with Crippen LogP contribution in [0.5, 0.6) is 11.5 Å². The van der Waals surface area contributed by atoms with Gasteiger partial charge in [0.25, 0.3) is 0 Å². The normalized spacial score (nSPS) is 37.0. The van der Waals surface area contributed by atoms with Crippen LogP contribution in [0.25, 0.3) is 0 Å². The van der Waals surface area contributed by atoms with E-state index in [1.807, 2.05) is 0 Å². The molecule has 0 N–H and O–H groups in total. The Bertz CT molecular complexity index is 1840. The average molecular weight is 755 g/mol. The van der Waals surface area contributed by atoms with E-state index >= 15 is 0 Å². The van der Waals surface area contributed by atoms with Crippen molar-refractivity contribution in [2.75, 3.05) is 21.3 Å². The molecular weight excluding hydrogens is 693 g/mol. The molecule has 0 saturated heterocycles. The molecule has 8 heteroatoms. The maximum atomic E-state index is 14.0. The van der Waals surface area contributed by atoms with Gasteiger partial charge in [-0.05, 0) is 146 Å². The molecule has 0 spiro atoms. The molecular formula is C47H62O8. The maximum Gasteiger partial charge on any atom is 0.338 e. The minimum Gasteiger partial charge on any atom is -0.497 e. The molecule has 9 atom stereocenters. The maximum absolute atomic E-state index is 14.0. The third-order valence-electron chi connectivity index (χ3n) is 16.2. The Morgan fingerprint density at radius 2 is 1.22 bits per heavy atom. The van der Waals surface area contributed by atoms with E-state index in [4.69, 9.17) is 23.7 Å². The highest BCUT2D eigenvalue weighted by Crippen LogP contribution is 2.76. The summed E-state index contributed by atoms with van der Waals surface area (Å²) in [4.78, 5) is 41.6. The molecule has 0 aliphatic heterocycles. The highest BCUT2D eigenvalue weighted by atomic mass is 16.6. The van der Waals surface area contributed by atoms with Crippen molar-refractivity contribution in [1.82, 2.24) is 0 Å². The van der Waals surface area contributed by atoms with Gasteiger partial charge in [0.15, 0.2) is 0 Å². The number of benzene rings is 2. The van der Waals surface area contributed by atoms with Gasteiger partial charge < -0.3 is 23.7 Å². The summed E-state index contributed by atoms with van der Waals surface area (Å²) in [6.07, 6.45) is 9.33. The predicted molar refractivity (Wildman–Crippen MR) is 211 cm³/mol. The van der Waals surface area contributed by atoms with Crippen LogP contribution in [-0.2, 0) is 19.0 Å². The molecule has 0 heterocycles. The van der Waals surface area contributed by atoms with E-state index in [1.165, 1.54) is 5.57 Å². The fourth-order valence-electron chi connectivity index (χ4n) is 13.1. The molecule has 2 aromatic carbocycles. The van der Waals surface area contributed by atoms with Gasteiger partial charge in [0.05, 0.1) is 37.9 Å². The number of fused-ring (bicyclic) bond motifs is 7. The highest BCUT2D eigenvalue weighted by molar-refractivity contribution is 5.90. The van der Waals surface area contributed by atoms with Crippen molar-refractivity contribution in [3.63, 3.8) is 0 Å². The number of carbonyl (C=O) groups is 3. The first-order valence-corrected chi connectivity index (χ1v) is 20.4. The van der Waals surface area contributed by atoms with Gasteiger partial charge in [0, 0.05) is 5.41 Å². The molecule has 0 amide bonds. The minimum absolute atomic E-state index is 0.0373. The summed E-state index contributed by atoms with van der Waals surface area (Å²) in [7, 11) is 4.74. The second-order valence-corrected chi connectivity index (χ2v) is 19.6. The first-order valence-electron chi connectivity index (χ1n) is 20.4. The van der Waals surface area contributed by atoms with Crippen LogP contribution in [0.15, 0.2) is 60.2 Å². The van der Waals surface area contributed by atoms with Crippen LogP contribution in [0.2, 0.25) is 0 Å². The predicted octanol–water partition coefficient (Wildman–Crippen LogP) is 10.0. The lowest BCUT2D eigenvalue weighted by Crippen LogP contribution is -2.67. The molecule has 0 radical (unpaired) electrons. The van der Waals surface area contributed by atoms with Crippen LogP contribution in [-0.4, -0.2) is 51.4 Å². The zero-order chi connectivity index (χ0) is 39.8. The average Bonchev–Trinajstić information content (AvgIpc) is 3.15. The van der Waals surface area contributed by atoms with Crippen molar-refractivity contribution in [2.24, 2.45) is 50.2 Å². The zero-order valence-electron chi connectivity index (χ0n) is 34.7. The fourth-order valence-corrected chi connectivity index (χ4v) is 13.1. The van der Waals surface area contributed by atoms with E-state index in [0.29, 0.717) is 29.0 Å². The zero-order valence-corrected chi connectivity index (χ0v) is 34.7. The van der Waals surface area contributed by atoms with E-state index in [-0.39, 0.29) is 45.4 Å². The molecule has 2 aromatic rings. The molecule has 298 valence electrons. The topological polar surface area (TPSA) is 97.4 Å². The number of hydrogen-bond acceptors (Lipinski definition) is 8. The van der Waals surface area contributed by atoms with Gasteiger partial charge in [-0.15, -0.1) is 0 Å². The van der Waals surface area contributed by atoms with E-state index in [1.54, 1.807) is 69.9 Å². The Labute approximate surface area is 328 Å². The van der Waals surface area contributed by atoms with Gasteiger partial charge in [0.1, 0.15) is 23.7 Å². The molecule has 55 heavy (non-hydrogen) atoms. The smallest absolute Gasteiger partial charge is 0.338 e. The highest BCUT2D eigenvalue weighted by Gasteiger charge is 2.71. The van der Waals surface area contributed by atoms with E-state index < -0.39 is 35.0 Å². The Balaban J connectivity index is 1.27. The van der Waals surface area contributed by atoms with Crippen molar-refractivity contribution in [3.05, 3.63) is 71.3 Å². The lowest BCUT2D eigenvalue weighted by molar-refractivity contribution is -0.231. The van der Waals surface area contributed by atoms with Crippen LogP contribution >= 0.6 is 0 Å². The van der Waals surface area contributed by atoms with Gasteiger partial charge >= 0.3 is 17.9 Å². The van der Waals surface area contributed by atoms with Crippen molar-refractivity contribution in [3.8, 4) is 11.5 Å². The van der Waals surface area contributed by atoms with Crippen molar-refractivity contribution >= 4 is 17.9 Å². The third kappa shape index (κ3) is 6.10. The largest absolute Gasteiger partial charge is 0.497 e. The van der Waals surface area contributed by atoms with Gasteiger partial charge in [-0.1, -0.05) is 60.1 Å². The Kier molecular flexibility index (Phi) is 9.81. The van der Waals surface area contributed by atoms with Crippen molar-refractivity contribution in [2.45, 2.75) is 118 Å². The van der Waals surface area contributed by atoms with Gasteiger partial charge in [-0.25, -0.2) is 9.59 Å². The number of hydrogen-bond donors (Lipinski definition) is 0. The Hall–Kier alpha value is -3.81. The van der Waals surface area contributed by atoms with Gasteiger partial charge in [0.2, 0.25) is 0 Å². The monoisotopic (exact) mass is 754 g/mol. The fraction of sp³-hybridized carbons (Fsp3) is 0.638. The summed E-state index contributed by atoms with van der Waals surface area (Å²) in [6, 6.07) is 13.9. The number of allylic oxidation sites excluding steroid dienone is 2. The van der Waals surface area contributed by atoms with Gasteiger partial charge in [-0.3, -0.25) is 4.79 Å². The molecule has 5 aliphatic rings. The number of methoxy groups -OCH3 is 3. The molecule has 5 aliphatic carbocycles. The SMILES string of the molecule is COC(=O)[C@]12CCC(C)(C)CC1C1=CCC3[C@@]4(C)C[C@@H](OC(=O)c5ccc(OC)cc5)[C@H](OC(=O)c5ccc(OC)cc5)C(C)(C)C4CC[C@@]3(C)[C@]1(C)CC2. The number of carbonyl (C=O) groups excluding carboxylic acids is 3. The molecule has 0 aromatic heterocycles. The second kappa shape index (κ2) is 13.7. The number of esters is 3. The van der Waals surface area contributed by atoms with Gasteiger partial charge in [-0.2, -0.15) is 0 Å². The first-order chi connectivity index (χ1) is 25.9. The Morgan fingerprint density at radius 3 is 1.78 bits per heavy atom. The van der Waals surface area contributed by atoms with Crippen molar-refractivity contribution in [1.29, 1.82) is 0 Å². The van der Waals surface area contributed by atoms with Crippen LogP contribution in [0.3, 0.4) is 0 Å².